The smallest absolute Gasteiger partial charge is 0.261 e. The van der Waals surface area contributed by atoms with E-state index >= 15 is 0 Å². The molecular weight excluding hydrogens is 294 g/mol. The zero-order chi connectivity index (χ0) is 12.1. The van der Waals surface area contributed by atoms with E-state index in [4.69, 9.17) is 9.84 Å². The first-order valence-corrected chi connectivity index (χ1v) is 6.48. The van der Waals surface area contributed by atoms with E-state index in [1.807, 2.05) is 6.92 Å². The van der Waals surface area contributed by atoms with E-state index in [2.05, 4.69) is 21.2 Å². The molecule has 4 nitrogen and oxygen atoms in total. The quantitative estimate of drug-likeness (QED) is 0.875. The Balaban J connectivity index is 2.72. The standard InChI is InChI=1S/C10H14BrNO3S/c1-3-6(5-13)12-10(14)8-4-7(15-2)9(11)16-8/h4,6,13H,3,5H2,1-2H3,(H,12,14). The second kappa shape index (κ2) is 6.22. The Morgan fingerprint density at radius 3 is 2.88 bits per heavy atom. The van der Waals surface area contributed by atoms with Gasteiger partial charge in [-0.15, -0.1) is 11.3 Å². The van der Waals surface area contributed by atoms with E-state index in [1.54, 1.807) is 13.2 Å². The number of aliphatic hydroxyl groups is 1. The molecule has 0 saturated heterocycles. The van der Waals surface area contributed by atoms with Crippen LogP contribution in [0.25, 0.3) is 0 Å². The first-order valence-electron chi connectivity index (χ1n) is 4.87. The Morgan fingerprint density at radius 2 is 2.44 bits per heavy atom. The average Bonchev–Trinajstić information content (AvgIpc) is 2.67. The first-order chi connectivity index (χ1) is 7.62. The van der Waals surface area contributed by atoms with Crippen molar-refractivity contribution >= 4 is 33.2 Å². The van der Waals surface area contributed by atoms with Crippen LogP contribution in [0.15, 0.2) is 9.85 Å². The number of ether oxygens (including phenoxy) is 1. The summed E-state index contributed by atoms with van der Waals surface area (Å²) in [5.74, 6) is 0.460. The van der Waals surface area contributed by atoms with Crippen molar-refractivity contribution < 1.29 is 14.6 Å². The number of carbonyl (C=O) groups excluding carboxylic acids is 1. The number of nitrogens with one attached hydrogen (secondary N) is 1. The van der Waals surface area contributed by atoms with Crippen LogP contribution < -0.4 is 10.1 Å². The van der Waals surface area contributed by atoms with Gasteiger partial charge in [-0.05, 0) is 22.4 Å². The highest BCUT2D eigenvalue weighted by Gasteiger charge is 2.16. The second-order valence-electron chi connectivity index (χ2n) is 3.21. The highest BCUT2D eigenvalue weighted by molar-refractivity contribution is 9.11. The molecule has 0 bridgehead atoms. The van der Waals surface area contributed by atoms with Gasteiger partial charge in [0.25, 0.3) is 5.91 Å². The van der Waals surface area contributed by atoms with E-state index in [0.717, 1.165) is 3.79 Å². The monoisotopic (exact) mass is 307 g/mol. The van der Waals surface area contributed by atoms with Gasteiger partial charge in [-0.25, -0.2) is 0 Å². The number of rotatable bonds is 5. The normalized spacial score (nSPS) is 12.2. The SMILES string of the molecule is CCC(CO)NC(=O)c1cc(OC)c(Br)s1. The lowest BCUT2D eigenvalue weighted by atomic mass is 10.2. The maximum absolute atomic E-state index is 11.8. The lowest BCUT2D eigenvalue weighted by molar-refractivity contribution is 0.0919. The van der Waals surface area contributed by atoms with Crippen molar-refractivity contribution in [3.8, 4) is 5.75 Å². The summed E-state index contributed by atoms with van der Waals surface area (Å²) in [5.41, 5.74) is 0. The molecule has 1 aromatic heterocycles. The van der Waals surface area contributed by atoms with Crippen LogP contribution in [0.2, 0.25) is 0 Å². The minimum absolute atomic E-state index is 0.0497. The van der Waals surface area contributed by atoms with Gasteiger partial charge < -0.3 is 15.2 Å². The van der Waals surface area contributed by atoms with Crippen molar-refractivity contribution in [2.24, 2.45) is 0 Å². The molecule has 1 amide bonds. The molecule has 0 aliphatic heterocycles. The van der Waals surface area contributed by atoms with E-state index in [0.29, 0.717) is 17.0 Å². The molecule has 16 heavy (non-hydrogen) atoms. The summed E-state index contributed by atoms with van der Waals surface area (Å²) in [6.07, 6.45) is 0.700. The van der Waals surface area contributed by atoms with Crippen molar-refractivity contribution in [2.45, 2.75) is 19.4 Å². The Morgan fingerprint density at radius 1 is 1.75 bits per heavy atom. The summed E-state index contributed by atoms with van der Waals surface area (Å²) < 4.78 is 5.86. The molecule has 0 aliphatic rings. The van der Waals surface area contributed by atoms with Crippen LogP contribution >= 0.6 is 27.3 Å². The highest BCUT2D eigenvalue weighted by atomic mass is 79.9. The van der Waals surface area contributed by atoms with Gasteiger partial charge in [-0.3, -0.25) is 4.79 Å². The molecule has 0 fully saturated rings. The fraction of sp³-hybridized carbons (Fsp3) is 0.500. The second-order valence-corrected chi connectivity index (χ2v) is 5.58. The fourth-order valence-electron chi connectivity index (χ4n) is 1.14. The largest absolute Gasteiger partial charge is 0.495 e. The van der Waals surface area contributed by atoms with Crippen LogP contribution in [-0.4, -0.2) is 30.8 Å². The van der Waals surface area contributed by atoms with Crippen molar-refractivity contribution in [3.63, 3.8) is 0 Å². The van der Waals surface area contributed by atoms with Crippen molar-refractivity contribution in [1.82, 2.24) is 5.32 Å². The molecule has 1 rings (SSSR count). The fourth-order valence-corrected chi connectivity index (χ4v) is 2.69. The van der Waals surface area contributed by atoms with Crippen molar-refractivity contribution in [3.05, 3.63) is 14.7 Å². The minimum atomic E-state index is -0.195. The summed E-state index contributed by atoms with van der Waals surface area (Å²) in [6, 6.07) is 1.48. The summed E-state index contributed by atoms with van der Waals surface area (Å²) in [7, 11) is 1.55. The molecule has 1 heterocycles. The Hall–Kier alpha value is -0.590. The maximum atomic E-state index is 11.8. The van der Waals surface area contributed by atoms with Gasteiger partial charge in [0.2, 0.25) is 0 Å². The third kappa shape index (κ3) is 3.20. The molecule has 1 atom stereocenters. The van der Waals surface area contributed by atoms with E-state index in [9.17, 15) is 4.79 Å². The van der Waals surface area contributed by atoms with E-state index in [1.165, 1.54) is 11.3 Å². The molecule has 0 aromatic carbocycles. The minimum Gasteiger partial charge on any atom is -0.495 e. The third-order valence-electron chi connectivity index (χ3n) is 2.15. The number of thiophene rings is 1. The predicted octanol–water partition coefficient (Wildman–Crippen LogP) is 2.02. The number of methoxy groups -OCH3 is 1. The number of halogens is 1. The molecule has 0 aliphatic carbocycles. The average molecular weight is 308 g/mol. The number of carbonyl (C=O) groups is 1. The Kier molecular flexibility index (Phi) is 5.24. The van der Waals surface area contributed by atoms with Gasteiger partial charge in [0.1, 0.15) is 9.54 Å². The topological polar surface area (TPSA) is 58.6 Å². The molecular formula is C10H14BrNO3S. The molecule has 0 radical (unpaired) electrons. The lowest BCUT2D eigenvalue weighted by Gasteiger charge is -2.12. The van der Waals surface area contributed by atoms with Crippen molar-refractivity contribution in [1.29, 1.82) is 0 Å². The van der Waals surface area contributed by atoms with Gasteiger partial charge >= 0.3 is 0 Å². The zero-order valence-electron chi connectivity index (χ0n) is 9.12. The van der Waals surface area contributed by atoms with Gasteiger partial charge in [0.15, 0.2) is 0 Å². The van der Waals surface area contributed by atoms with Crippen LogP contribution in [0.1, 0.15) is 23.0 Å². The summed E-state index contributed by atoms with van der Waals surface area (Å²) >= 11 is 4.62. The molecule has 1 unspecified atom stereocenters. The maximum Gasteiger partial charge on any atom is 0.261 e. The molecule has 6 heteroatoms. The third-order valence-corrected chi connectivity index (χ3v) is 3.93. The number of aliphatic hydroxyl groups excluding tert-OH is 1. The van der Waals surface area contributed by atoms with Crippen LogP contribution in [-0.2, 0) is 0 Å². The predicted molar refractivity (Wildman–Crippen MR) is 67.2 cm³/mol. The lowest BCUT2D eigenvalue weighted by Crippen LogP contribution is -2.36. The zero-order valence-corrected chi connectivity index (χ0v) is 11.5. The van der Waals surface area contributed by atoms with Gasteiger partial charge in [0.05, 0.1) is 24.6 Å². The molecule has 2 N–H and O–H groups in total. The number of amides is 1. The summed E-state index contributed by atoms with van der Waals surface area (Å²) in [5, 5.41) is 11.7. The van der Waals surface area contributed by atoms with Gasteiger partial charge in [-0.2, -0.15) is 0 Å². The van der Waals surface area contributed by atoms with Crippen LogP contribution in [0.5, 0.6) is 5.75 Å². The highest BCUT2D eigenvalue weighted by Crippen LogP contribution is 2.34. The number of hydrogen-bond acceptors (Lipinski definition) is 4. The Labute approximate surface area is 107 Å². The molecule has 90 valence electrons. The van der Waals surface area contributed by atoms with Gasteiger partial charge in [-0.1, -0.05) is 6.92 Å². The van der Waals surface area contributed by atoms with Crippen LogP contribution in [0.3, 0.4) is 0 Å². The summed E-state index contributed by atoms with van der Waals surface area (Å²) in [6.45, 7) is 1.86. The van der Waals surface area contributed by atoms with Crippen LogP contribution in [0.4, 0.5) is 0 Å². The number of hydrogen-bond donors (Lipinski definition) is 2. The molecule has 1 aromatic rings. The van der Waals surface area contributed by atoms with E-state index in [-0.39, 0.29) is 18.6 Å². The van der Waals surface area contributed by atoms with Crippen molar-refractivity contribution in [2.75, 3.05) is 13.7 Å². The molecule has 0 saturated carbocycles. The van der Waals surface area contributed by atoms with E-state index < -0.39 is 0 Å². The van der Waals surface area contributed by atoms with Gasteiger partial charge in [0, 0.05) is 6.07 Å². The summed E-state index contributed by atoms with van der Waals surface area (Å²) in [4.78, 5) is 12.3. The Bertz CT molecular complexity index is 363. The van der Waals surface area contributed by atoms with Crippen LogP contribution in [0, 0.1) is 0 Å². The first kappa shape index (κ1) is 13.5. The molecule has 0 spiro atoms.